The zero-order chi connectivity index (χ0) is 69.3. The van der Waals surface area contributed by atoms with Crippen molar-refractivity contribution in [3.63, 3.8) is 0 Å². The van der Waals surface area contributed by atoms with E-state index in [4.69, 9.17) is 29.9 Å². The molecule has 0 unspecified atom stereocenters. The summed E-state index contributed by atoms with van der Waals surface area (Å²) in [6, 6.07) is 57.9. The van der Waals surface area contributed by atoms with E-state index in [9.17, 15) is 0 Å². The Bertz CT molecular complexity index is 4030. The highest BCUT2D eigenvalue weighted by molar-refractivity contribution is 5.67. The van der Waals surface area contributed by atoms with Gasteiger partial charge in [-0.15, -0.1) is 0 Å². The summed E-state index contributed by atoms with van der Waals surface area (Å²) in [6.45, 7) is 31.9. The third kappa shape index (κ3) is 18.9. The average Bonchev–Trinajstić information content (AvgIpc) is 0.821. The molecule has 3 N–H and O–H groups in total. The van der Waals surface area contributed by atoms with Gasteiger partial charge in [0.05, 0.1) is 0 Å². The number of hydrogen-bond acceptors (Lipinski definition) is 18. The third-order valence-electron chi connectivity index (χ3n) is 20.6. The molecule has 0 aliphatic carbocycles. The van der Waals surface area contributed by atoms with E-state index in [0.717, 1.165) is 201 Å². The second kappa shape index (κ2) is 34.1. The molecule has 6 fully saturated rings. The molecule has 9 aromatic rings. The van der Waals surface area contributed by atoms with Crippen LogP contribution in [0.15, 0.2) is 164 Å². The highest BCUT2D eigenvalue weighted by Crippen LogP contribution is 2.33. The summed E-state index contributed by atoms with van der Waals surface area (Å²) in [4.78, 5) is 51.8. The first kappa shape index (κ1) is 69.8. The summed E-state index contributed by atoms with van der Waals surface area (Å²) >= 11 is 0. The Morgan fingerprint density at radius 3 is 1.04 bits per heavy atom. The normalized spacial score (nSPS) is 16.8. The fourth-order valence-electron chi connectivity index (χ4n) is 14.7. The molecule has 528 valence electrons. The van der Waals surface area contributed by atoms with Gasteiger partial charge in [-0.2, -0.15) is 29.9 Å². The summed E-state index contributed by atoms with van der Waals surface area (Å²) in [5, 5.41) is 10.6. The number of nitrogens with one attached hydrogen (secondary N) is 3. The van der Waals surface area contributed by atoms with Crippen LogP contribution < -0.4 is 55.1 Å². The van der Waals surface area contributed by atoms with Crippen LogP contribution in [0.3, 0.4) is 0 Å². The minimum absolute atomic E-state index is 0.832. The lowest BCUT2D eigenvalue weighted by Gasteiger charge is -2.38. The van der Waals surface area contributed by atoms with Gasteiger partial charge in [-0.3, -0.25) is 4.90 Å². The lowest BCUT2D eigenvalue weighted by molar-refractivity contribution is 0.248. The number of benzene rings is 6. The van der Waals surface area contributed by atoms with Crippen molar-refractivity contribution in [2.45, 2.75) is 112 Å². The van der Waals surface area contributed by atoms with Gasteiger partial charge < -0.3 is 55.1 Å². The molecular formula is C83H106N18. The van der Waals surface area contributed by atoms with E-state index >= 15 is 0 Å². The second-order valence-electron chi connectivity index (χ2n) is 28.3. The van der Waals surface area contributed by atoms with Crippen molar-refractivity contribution in [1.82, 2.24) is 34.8 Å². The number of anilines is 14. The maximum Gasteiger partial charge on any atom is 0.229 e. The maximum absolute atomic E-state index is 5.05. The molecule has 6 aliphatic heterocycles. The molecule has 0 radical (unpaired) electrons. The molecule has 0 spiro atoms. The summed E-state index contributed by atoms with van der Waals surface area (Å²) < 4.78 is 0. The Morgan fingerprint density at radius 1 is 0.307 bits per heavy atom. The molecule has 0 amide bonds. The van der Waals surface area contributed by atoms with E-state index in [0.29, 0.717) is 0 Å². The van der Waals surface area contributed by atoms with E-state index in [1.165, 1.54) is 108 Å². The van der Waals surface area contributed by atoms with Crippen molar-refractivity contribution >= 4 is 81.2 Å². The minimum Gasteiger partial charge on any atom is -0.368 e. The molecule has 0 saturated carbocycles. The van der Waals surface area contributed by atoms with Gasteiger partial charge in [0.25, 0.3) is 0 Å². The van der Waals surface area contributed by atoms with Crippen LogP contribution in [0.2, 0.25) is 0 Å². The second-order valence-corrected chi connectivity index (χ2v) is 28.3. The Balaban J connectivity index is 0.000000135. The summed E-state index contributed by atoms with van der Waals surface area (Å²) in [5.41, 5.74) is 15.2. The van der Waals surface area contributed by atoms with Crippen LogP contribution in [0, 0.1) is 34.6 Å². The molecule has 3 aromatic heterocycles. The molecule has 0 atom stereocenters. The first-order valence-corrected chi connectivity index (χ1v) is 37.6. The molecule has 6 aliphatic rings. The van der Waals surface area contributed by atoms with Gasteiger partial charge in [-0.1, -0.05) is 127 Å². The van der Waals surface area contributed by atoms with Crippen LogP contribution in [-0.2, 0) is 13.0 Å². The molecule has 18 heteroatoms. The molecule has 9 heterocycles. The van der Waals surface area contributed by atoms with E-state index in [-0.39, 0.29) is 0 Å². The maximum atomic E-state index is 5.05. The molecule has 18 nitrogen and oxygen atoms in total. The zero-order valence-corrected chi connectivity index (χ0v) is 60.8. The van der Waals surface area contributed by atoms with Crippen molar-refractivity contribution in [2.24, 2.45) is 0 Å². The van der Waals surface area contributed by atoms with Crippen LogP contribution in [0.25, 0.3) is 0 Å². The molecule has 0 bridgehead atoms. The Kier molecular flexibility index (Phi) is 23.6. The Morgan fingerprint density at radius 2 is 0.653 bits per heavy atom. The number of piperazine rings is 3. The predicted octanol–water partition coefficient (Wildman–Crippen LogP) is 15.7. The van der Waals surface area contributed by atoms with E-state index in [1.807, 2.05) is 0 Å². The van der Waals surface area contributed by atoms with Gasteiger partial charge in [0.15, 0.2) is 0 Å². The summed E-state index contributed by atoms with van der Waals surface area (Å²) in [6.07, 6.45) is 12.4. The number of rotatable bonds is 17. The Labute approximate surface area is 600 Å². The van der Waals surface area contributed by atoms with Crippen molar-refractivity contribution < 1.29 is 0 Å². The van der Waals surface area contributed by atoms with E-state index in [2.05, 4.69) is 265 Å². The van der Waals surface area contributed by atoms with E-state index in [1.54, 1.807) is 0 Å². The van der Waals surface area contributed by atoms with Crippen LogP contribution in [0.1, 0.15) is 104 Å². The highest BCUT2D eigenvalue weighted by atomic mass is 15.4. The SMILES string of the molecule is CCc1ccccc1N1CCN(c2nc(Nc3ccc(C)cc3)cc(N3CCCCC3)n2)CC1.Cc1ccc(Nc2cc(N3CCCCC3)nc(N3CCN(Cc4ccccc4)CC3)n2)cc1.Cc1ccc(Nc2cc(N3CCCCC3)nc(N3CCN(c4c(C)cccc4C)CC3)n2)cc1. The van der Waals surface area contributed by atoms with Gasteiger partial charge in [-0.25, -0.2) is 0 Å². The van der Waals surface area contributed by atoms with Gasteiger partial charge in [-0.05, 0) is 164 Å². The number of para-hydroxylation sites is 2. The first-order chi connectivity index (χ1) is 49.5. The first-order valence-electron chi connectivity index (χ1n) is 37.6. The van der Waals surface area contributed by atoms with Gasteiger partial charge >= 0.3 is 0 Å². The molecule has 6 saturated heterocycles. The largest absolute Gasteiger partial charge is 0.368 e. The van der Waals surface area contributed by atoms with Crippen LogP contribution in [0.4, 0.5) is 81.2 Å². The van der Waals surface area contributed by atoms with Crippen LogP contribution in [0.5, 0.6) is 0 Å². The zero-order valence-electron chi connectivity index (χ0n) is 60.8. The van der Waals surface area contributed by atoms with Crippen molar-refractivity contribution in [2.75, 3.05) is 173 Å². The lowest BCUT2D eigenvalue weighted by atomic mass is 10.1. The number of hydrogen-bond donors (Lipinski definition) is 3. The fourth-order valence-corrected chi connectivity index (χ4v) is 14.7. The fraction of sp³-hybridized carbons (Fsp3) is 0.422. The van der Waals surface area contributed by atoms with Crippen molar-refractivity contribution in [3.8, 4) is 0 Å². The third-order valence-corrected chi connectivity index (χ3v) is 20.6. The number of piperidine rings is 3. The summed E-state index contributed by atoms with van der Waals surface area (Å²) in [5.74, 6) is 8.23. The number of aromatic nitrogens is 6. The molecule has 15 rings (SSSR count). The van der Waals surface area contributed by atoms with Crippen molar-refractivity contribution in [3.05, 3.63) is 203 Å². The van der Waals surface area contributed by atoms with Crippen molar-refractivity contribution in [1.29, 1.82) is 0 Å². The highest BCUT2D eigenvalue weighted by Gasteiger charge is 2.27. The quantitative estimate of drug-likeness (QED) is 0.0795. The number of aryl methyl sites for hydroxylation is 6. The standard InChI is InChI=1S/2C28H36N6.C27H34N6/c1-21-10-12-24(13-11-21)29-25-20-26(32-14-5-4-6-15-32)31-28(30-25)34-18-16-33(17-19-34)27-22(2)8-7-9-23(27)3;1-3-23-9-5-6-10-25(23)32-17-19-34(20-18-32)28-30-26(29-24-13-11-22(2)12-14-24)21-27(31-28)33-15-7-4-8-16-33;1-22-10-12-24(13-11-22)28-25-20-26(32-14-6-3-7-15-32)30-27(29-25)33-18-16-31(17-19-33)21-23-8-4-2-5-9-23/h7-13,20H,4-6,14-19H2,1-3H3,(H,29,30,31);5-6,9-14,21H,3-4,7-8,15-20H2,1-2H3,(H,29,30,31);2,4-5,8-13,20H,3,6-7,14-19,21H2,1H3,(H,28,29,30). The van der Waals surface area contributed by atoms with Gasteiger partial charge in [0.1, 0.15) is 34.9 Å². The smallest absolute Gasteiger partial charge is 0.229 e. The predicted molar refractivity (Wildman–Crippen MR) is 422 cm³/mol. The monoisotopic (exact) mass is 1350 g/mol. The van der Waals surface area contributed by atoms with Crippen LogP contribution in [-0.4, -0.2) is 153 Å². The Hall–Kier alpha value is -9.68. The average molecular weight is 1360 g/mol. The van der Waals surface area contributed by atoms with Gasteiger partial charge in [0, 0.05) is 171 Å². The summed E-state index contributed by atoms with van der Waals surface area (Å²) in [7, 11) is 0. The molecular weight excluding hydrogens is 1250 g/mol. The molecule has 101 heavy (non-hydrogen) atoms. The van der Waals surface area contributed by atoms with Gasteiger partial charge in [0.2, 0.25) is 17.8 Å². The number of nitrogens with zero attached hydrogens (tertiary/aromatic N) is 15. The topological polar surface area (TPSA) is 143 Å². The van der Waals surface area contributed by atoms with E-state index < -0.39 is 0 Å². The lowest BCUT2D eigenvalue weighted by Crippen LogP contribution is -2.47. The minimum atomic E-state index is 0.832. The van der Waals surface area contributed by atoms with Crippen LogP contribution >= 0.6 is 0 Å². The molecule has 6 aromatic carbocycles.